The van der Waals surface area contributed by atoms with Crippen LogP contribution in [0.1, 0.15) is 38.1 Å². The lowest BCUT2D eigenvalue weighted by molar-refractivity contribution is -0.129. The number of nitrogens with one attached hydrogen (secondary N) is 1. The fourth-order valence-corrected chi connectivity index (χ4v) is 2.45. The summed E-state index contributed by atoms with van der Waals surface area (Å²) in [6, 6.07) is 6.89. The highest BCUT2D eigenvalue weighted by Crippen LogP contribution is 2.23. The Labute approximate surface area is 141 Å². The summed E-state index contributed by atoms with van der Waals surface area (Å²) >= 11 is 1.27. The van der Waals surface area contributed by atoms with Gasteiger partial charge in [0.2, 0.25) is 5.91 Å². The first-order valence-corrected chi connectivity index (χ1v) is 8.43. The number of hydrogen-bond acceptors (Lipinski definition) is 5. The Balaban J connectivity index is 2.70. The van der Waals surface area contributed by atoms with Crippen LogP contribution in [0.5, 0.6) is 0 Å². The van der Waals surface area contributed by atoms with Gasteiger partial charge in [-0.3, -0.25) is 9.59 Å². The van der Waals surface area contributed by atoms with E-state index in [4.69, 9.17) is 4.74 Å². The molecule has 0 saturated heterocycles. The van der Waals surface area contributed by atoms with E-state index in [2.05, 4.69) is 5.32 Å². The molecule has 6 heteroatoms. The molecule has 0 aliphatic carbocycles. The molecule has 0 spiro atoms. The summed E-state index contributed by atoms with van der Waals surface area (Å²) in [5.74, 6) is -0.567. The Morgan fingerprint density at radius 1 is 1.17 bits per heavy atom. The van der Waals surface area contributed by atoms with Crippen molar-refractivity contribution < 1.29 is 19.1 Å². The number of hydrogen-bond donors (Lipinski definition) is 1. The Kier molecular flexibility index (Phi) is 7.29. The highest BCUT2D eigenvalue weighted by molar-refractivity contribution is 8.00. The van der Waals surface area contributed by atoms with E-state index >= 15 is 0 Å². The van der Waals surface area contributed by atoms with Crippen LogP contribution in [0, 0.1) is 5.41 Å². The van der Waals surface area contributed by atoms with Crippen molar-refractivity contribution in [1.29, 1.82) is 0 Å². The van der Waals surface area contributed by atoms with Crippen LogP contribution in [-0.2, 0) is 14.3 Å². The van der Waals surface area contributed by atoms with Gasteiger partial charge in [-0.15, -0.1) is 11.8 Å². The van der Waals surface area contributed by atoms with Crippen molar-refractivity contribution in [1.82, 2.24) is 5.32 Å². The van der Waals surface area contributed by atoms with Crippen LogP contribution in [0.3, 0.4) is 0 Å². The van der Waals surface area contributed by atoms with Gasteiger partial charge >= 0.3 is 5.97 Å². The van der Waals surface area contributed by atoms with Crippen LogP contribution in [0.2, 0.25) is 0 Å². The normalized spacial score (nSPS) is 11.0. The lowest BCUT2D eigenvalue weighted by Gasteiger charge is -2.16. The van der Waals surface area contributed by atoms with Gasteiger partial charge in [-0.2, -0.15) is 0 Å². The lowest BCUT2D eigenvalue weighted by Crippen LogP contribution is -2.26. The van der Waals surface area contributed by atoms with Crippen molar-refractivity contribution in [3.63, 3.8) is 0 Å². The summed E-state index contributed by atoms with van der Waals surface area (Å²) in [6.07, 6.45) is 0. The topological polar surface area (TPSA) is 72.5 Å². The highest BCUT2D eigenvalue weighted by Gasteiger charge is 2.23. The third-order valence-electron chi connectivity index (χ3n) is 3.01. The standard InChI is InChI=1S/C17H23NO4S/c1-5-18-15(20)11-23-13-9-7-6-8-12(13)16(21)22-10-14(19)17(2,3)4/h6-9H,5,10-11H2,1-4H3,(H,18,20). The van der Waals surface area contributed by atoms with Crippen molar-refractivity contribution in [3.8, 4) is 0 Å². The average Bonchev–Trinajstić information content (AvgIpc) is 2.50. The zero-order chi connectivity index (χ0) is 17.5. The number of carbonyl (C=O) groups excluding carboxylic acids is 3. The average molecular weight is 337 g/mol. The molecule has 1 aromatic rings. The molecule has 0 aliphatic heterocycles. The Morgan fingerprint density at radius 2 is 1.83 bits per heavy atom. The zero-order valence-electron chi connectivity index (χ0n) is 14.0. The smallest absolute Gasteiger partial charge is 0.339 e. The maximum absolute atomic E-state index is 12.2. The van der Waals surface area contributed by atoms with Crippen LogP contribution in [0.15, 0.2) is 29.2 Å². The monoisotopic (exact) mass is 337 g/mol. The molecular formula is C17H23NO4S. The first kappa shape index (κ1) is 19.2. The summed E-state index contributed by atoms with van der Waals surface area (Å²) in [6.45, 7) is 7.49. The Bertz CT molecular complexity index is 578. The van der Waals surface area contributed by atoms with Crippen molar-refractivity contribution >= 4 is 29.4 Å². The predicted molar refractivity (Wildman–Crippen MR) is 90.6 cm³/mol. The maximum Gasteiger partial charge on any atom is 0.339 e. The van der Waals surface area contributed by atoms with Crippen LogP contribution < -0.4 is 5.32 Å². The molecule has 23 heavy (non-hydrogen) atoms. The van der Waals surface area contributed by atoms with E-state index in [0.29, 0.717) is 17.0 Å². The van der Waals surface area contributed by atoms with E-state index < -0.39 is 11.4 Å². The predicted octanol–water partition coefficient (Wildman–Crippen LogP) is 2.69. The molecule has 0 fully saturated rings. The second-order valence-electron chi connectivity index (χ2n) is 5.99. The molecule has 1 N–H and O–H groups in total. The molecule has 0 heterocycles. The third kappa shape index (κ3) is 6.44. The van der Waals surface area contributed by atoms with E-state index in [1.165, 1.54) is 11.8 Å². The third-order valence-corrected chi connectivity index (χ3v) is 4.08. The van der Waals surface area contributed by atoms with Crippen molar-refractivity contribution in [2.75, 3.05) is 18.9 Å². The Morgan fingerprint density at radius 3 is 2.43 bits per heavy atom. The number of esters is 1. The molecule has 0 aliphatic rings. The fraction of sp³-hybridized carbons (Fsp3) is 0.471. The van der Waals surface area contributed by atoms with Gasteiger partial charge in [-0.05, 0) is 19.1 Å². The lowest BCUT2D eigenvalue weighted by atomic mass is 9.91. The molecule has 0 atom stereocenters. The van der Waals surface area contributed by atoms with E-state index in [1.807, 2.05) is 6.92 Å². The van der Waals surface area contributed by atoms with Crippen molar-refractivity contribution in [2.24, 2.45) is 5.41 Å². The van der Waals surface area contributed by atoms with Gasteiger partial charge in [-0.25, -0.2) is 4.79 Å². The molecule has 0 saturated carbocycles. The highest BCUT2D eigenvalue weighted by atomic mass is 32.2. The van der Waals surface area contributed by atoms with Gasteiger partial charge in [0.15, 0.2) is 12.4 Å². The van der Waals surface area contributed by atoms with Gasteiger partial charge in [0.1, 0.15) is 0 Å². The van der Waals surface area contributed by atoms with Gasteiger partial charge in [0, 0.05) is 16.9 Å². The largest absolute Gasteiger partial charge is 0.454 e. The van der Waals surface area contributed by atoms with Gasteiger partial charge in [-0.1, -0.05) is 32.9 Å². The molecule has 0 unspecified atom stereocenters. The van der Waals surface area contributed by atoms with Crippen LogP contribution in [0.4, 0.5) is 0 Å². The molecule has 5 nitrogen and oxygen atoms in total. The second-order valence-corrected chi connectivity index (χ2v) is 7.00. The van der Waals surface area contributed by atoms with Crippen molar-refractivity contribution in [2.45, 2.75) is 32.6 Å². The van der Waals surface area contributed by atoms with E-state index in [-0.39, 0.29) is 24.1 Å². The molecule has 0 radical (unpaired) electrons. The number of Topliss-reactive ketones (excluding diaryl/α,β-unsaturated/α-hetero) is 1. The number of rotatable bonds is 7. The first-order valence-electron chi connectivity index (χ1n) is 7.44. The quantitative estimate of drug-likeness (QED) is 0.612. The molecule has 0 bridgehead atoms. The van der Waals surface area contributed by atoms with Crippen LogP contribution in [0.25, 0.3) is 0 Å². The summed E-state index contributed by atoms with van der Waals surface area (Å²) in [5.41, 5.74) is -0.184. The second kappa shape index (κ2) is 8.72. The van der Waals surface area contributed by atoms with E-state index in [1.54, 1.807) is 45.0 Å². The minimum atomic E-state index is -0.554. The number of benzene rings is 1. The number of ketones is 1. The fourth-order valence-electron chi connectivity index (χ4n) is 1.58. The molecule has 126 valence electrons. The van der Waals surface area contributed by atoms with Gasteiger partial charge in [0.05, 0.1) is 11.3 Å². The summed E-state index contributed by atoms with van der Waals surface area (Å²) < 4.78 is 5.11. The first-order chi connectivity index (χ1) is 10.8. The van der Waals surface area contributed by atoms with Crippen molar-refractivity contribution in [3.05, 3.63) is 29.8 Å². The Hall–Kier alpha value is -1.82. The minimum Gasteiger partial charge on any atom is -0.454 e. The van der Waals surface area contributed by atoms with Crippen LogP contribution in [-0.4, -0.2) is 36.6 Å². The zero-order valence-corrected chi connectivity index (χ0v) is 14.8. The molecule has 0 aromatic heterocycles. The number of ether oxygens (including phenoxy) is 1. The summed E-state index contributed by atoms with van der Waals surface area (Å²) in [7, 11) is 0. The number of carbonyl (C=O) groups is 3. The maximum atomic E-state index is 12.2. The van der Waals surface area contributed by atoms with E-state index in [9.17, 15) is 14.4 Å². The SMILES string of the molecule is CCNC(=O)CSc1ccccc1C(=O)OCC(=O)C(C)(C)C. The summed E-state index contributed by atoms with van der Waals surface area (Å²) in [4.78, 5) is 36.2. The number of amides is 1. The molecular weight excluding hydrogens is 314 g/mol. The number of thioether (sulfide) groups is 1. The van der Waals surface area contributed by atoms with Gasteiger partial charge < -0.3 is 10.1 Å². The van der Waals surface area contributed by atoms with Crippen LogP contribution >= 0.6 is 11.8 Å². The molecule has 1 aromatic carbocycles. The minimum absolute atomic E-state index is 0.0939. The van der Waals surface area contributed by atoms with Gasteiger partial charge in [0.25, 0.3) is 0 Å². The molecule has 1 amide bonds. The summed E-state index contributed by atoms with van der Waals surface area (Å²) in [5, 5.41) is 2.70. The molecule has 1 rings (SSSR count). The van der Waals surface area contributed by atoms with E-state index in [0.717, 1.165) is 0 Å².